The molecule has 0 heterocycles. The first kappa shape index (κ1) is 14.4. The maximum atomic E-state index is 10.7. The third-order valence-electron chi connectivity index (χ3n) is 2.98. The summed E-state index contributed by atoms with van der Waals surface area (Å²) in [5.74, 6) is 1.27. The monoisotopic (exact) mass is 252 g/mol. The van der Waals surface area contributed by atoms with Crippen LogP contribution in [-0.4, -0.2) is 18.6 Å². The van der Waals surface area contributed by atoms with Gasteiger partial charge in [0.1, 0.15) is 5.75 Å². The van der Waals surface area contributed by atoms with Crippen molar-refractivity contribution in [3.8, 4) is 5.75 Å². The molecule has 0 aliphatic carbocycles. The van der Waals surface area contributed by atoms with E-state index < -0.39 is 4.92 Å². The molecule has 0 radical (unpaired) electrons. The number of hydrogen-bond acceptors (Lipinski definition) is 4. The van der Waals surface area contributed by atoms with Crippen molar-refractivity contribution in [2.24, 2.45) is 5.92 Å². The summed E-state index contributed by atoms with van der Waals surface area (Å²) in [6.45, 7) is 5.77. The van der Waals surface area contributed by atoms with Crippen LogP contribution in [0, 0.1) is 16.0 Å². The first-order chi connectivity index (χ1) is 8.58. The highest BCUT2D eigenvalue weighted by molar-refractivity contribution is 5.43. The molecule has 0 amide bonds. The standard InChI is InChI=1S/C13H20N2O3/c1-4-10(2)8-14-9-11-7-12(15(16)17)5-6-13(11)18-3/h5-7,10,14H,4,8-9H2,1-3H3. The van der Waals surface area contributed by atoms with Crippen molar-refractivity contribution >= 4 is 5.69 Å². The Morgan fingerprint density at radius 2 is 2.22 bits per heavy atom. The Bertz CT molecular complexity index is 407. The van der Waals surface area contributed by atoms with E-state index in [1.54, 1.807) is 19.2 Å². The van der Waals surface area contributed by atoms with E-state index in [0.717, 1.165) is 18.5 Å². The number of nitrogens with one attached hydrogen (secondary N) is 1. The summed E-state index contributed by atoms with van der Waals surface area (Å²) in [5, 5.41) is 14.0. The van der Waals surface area contributed by atoms with Gasteiger partial charge in [0.2, 0.25) is 0 Å². The molecule has 1 N–H and O–H groups in total. The molecule has 0 aliphatic rings. The van der Waals surface area contributed by atoms with Gasteiger partial charge in [0.05, 0.1) is 12.0 Å². The van der Waals surface area contributed by atoms with Crippen molar-refractivity contribution in [2.75, 3.05) is 13.7 Å². The summed E-state index contributed by atoms with van der Waals surface area (Å²) < 4.78 is 5.20. The largest absolute Gasteiger partial charge is 0.496 e. The molecule has 0 bridgehead atoms. The molecule has 0 saturated carbocycles. The number of nitro groups is 1. The summed E-state index contributed by atoms with van der Waals surface area (Å²) in [5.41, 5.74) is 0.908. The van der Waals surface area contributed by atoms with E-state index in [9.17, 15) is 10.1 Å². The molecule has 0 saturated heterocycles. The van der Waals surface area contributed by atoms with Crippen molar-refractivity contribution in [1.29, 1.82) is 0 Å². The average molecular weight is 252 g/mol. The maximum Gasteiger partial charge on any atom is 0.270 e. The highest BCUT2D eigenvalue weighted by atomic mass is 16.6. The van der Waals surface area contributed by atoms with E-state index in [1.165, 1.54) is 6.07 Å². The van der Waals surface area contributed by atoms with Gasteiger partial charge in [0.25, 0.3) is 5.69 Å². The highest BCUT2D eigenvalue weighted by Crippen LogP contribution is 2.23. The molecule has 1 rings (SSSR count). The van der Waals surface area contributed by atoms with Crippen LogP contribution in [0.2, 0.25) is 0 Å². The van der Waals surface area contributed by atoms with Gasteiger partial charge < -0.3 is 10.1 Å². The topological polar surface area (TPSA) is 64.4 Å². The second-order valence-electron chi connectivity index (χ2n) is 4.40. The minimum absolute atomic E-state index is 0.0936. The minimum Gasteiger partial charge on any atom is -0.496 e. The maximum absolute atomic E-state index is 10.7. The van der Waals surface area contributed by atoms with E-state index in [0.29, 0.717) is 18.2 Å². The Morgan fingerprint density at radius 3 is 2.78 bits per heavy atom. The van der Waals surface area contributed by atoms with Gasteiger partial charge in [0.15, 0.2) is 0 Å². The van der Waals surface area contributed by atoms with Gasteiger partial charge in [-0.1, -0.05) is 20.3 Å². The van der Waals surface area contributed by atoms with Gasteiger partial charge in [-0.2, -0.15) is 0 Å². The number of hydrogen-bond donors (Lipinski definition) is 1. The summed E-state index contributed by atoms with van der Waals surface area (Å²) in [6, 6.07) is 4.65. The fraction of sp³-hybridized carbons (Fsp3) is 0.538. The Labute approximate surface area is 107 Å². The summed E-state index contributed by atoms with van der Waals surface area (Å²) in [7, 11) is 1.57. The number of non-ortho nitro benzene ring substituents is 1. The van der Waals surface area contributed by atoms with Crippen molar-refractivity contribution in [3.05, 3.63) is 33.9 Å². The molecule has 0 spiro atoms. The van der Waals surface area contributed by atoms with Crippen LogP contribution < -0.4 is 10.1 Å². The zero-order valence-corrected chi connectivity index (χ0v) is 11.1. The molecule has 0 fully saturated rings. The van der Waals surface area contributed by atoms with Crippen LogP contribution in [0.5, 0.6) is 5.75 Å². The predicted octanol–water partition coefficient (Wildman–Crippen LogP) is 2.74. The zero-order chi connectivity index (χ0) is 13.5. The van der Waals surface area contributed by atoms with Gasteiger partial charge >= 0.3 is 0 Å². The van der Waals surface area contributed by atoms with E-state index in [1.807, 2.05) is 0 Å². The molecule has 1 aromatic rings. The van der Waals surface area contributed by atoms with E-state index >= 15 is 0 Å². The minimum atomic E-state index is -0.391. The van der Waals surface area contributed by atoms with Crippen LogP contribution in [0.25, 0.3) is 0 Å². The Hall–Kier alpha value is -1.62. The summed E-state index contributed by atoms with van der Waals surface area (Å²) in [4.78, 5) is 10.3. The Morgan fingerprint density at radius 1 is 1.50 bits per heavy atom. The normalized spacial score (nSPS) is 12.2. The average Bonchev–Trinajstić information content (AvgIpc) is 2.38. The quantitative estimate of drug-likeness (QED) is 0.598. The number of rotatable bonds is 7. The molecule has 0 aromatic heterocycles. The number of methoxy groups -OCH3 is 1. The fourth-order valence-corrected chi connectivity index (χ4v) is 1.61. The molecule has 0 aliphatic heterocycles. The fourth-order valence-electron chi connectivity index (χ4n) is 1.61. The molecular weight excluding hydrogens is 232 g/mol. The second kappa shape index (κ2) is 6.96. The van der Waals surface area contributed by atoms with Crippen molar-refractivity contribution in [3.63, 3.8) is 0 Å². The summed E-state index contributed by atoms with van der Waals surface area (Å²) in [6.07, 6.45) is 1.11. The Kier molecular flexibility index (Phi) is 5.58. The lowest BCUT2D eigenvalue weighted by Crippen LogP contribution is -2.20. The van der Waals surface area contributed by atoms with Gasteiger partial charge in [-0.3, -0.25) is 10.1 Å². The third-order valence-corrected chi connectivity index (χ3v) is 2.98. The van der Waals surface area contributed by atoms with E-state index in [-0.39, 0.29) is 5.69 Å². The third kappa shape index (κ3) is 4.00. The summed E-state index contributed by atoms with van der Waals surface area (Å²) >= 11 is 0. The first-order valence-electron chi connectivity index (χ1n) is 6.10. The van der Waals surface area contributed by atoms with Gasteiger partial charge in [0, 0.05) is 24.2 Å². The van der Waals surface area contributed by atoms with E-state index in [4.69, 9.17) is 4.74 Å². The SMILES string of the molecule is CCC(C)CNCc1cc([N+](=O)[O-])ccc1OC. The number of nitro benzene ring substituents is 1. The highest BCUT2D eigenvalue weighted by Gasteiger charge is 2.11. The number of benzene rings is 1. The first-order valence-corrected chi connectivity index (χ1v) is 6.10. The molecule has 100 valence electrons. The van der Waals surface area contributed by atoms with Crippen LogP contribution in [-0.2, 0) is 6.54 Å². The van der Waals surface area contributed by atoms with Gasteiger partial charge in [-0.25, -0.2) is 0 Å². The lowest BCUT2D eigenvalue weighted by atomic mass is 10.1. The lowest BCUT2D eigenvalue weighted by molar-refractivity contribution is -0.384. The molecular formula is C13H20N2O3. The second-order valence-corrected chi connectivity index (χ2v) is 4.40. The van der Waals surface area contributed by atoms with Crippen molar-refractivity contribution in [1.82, 2.24) is 5.32 Å². The molecule has 1 atom stereocenters. The van der Waals surface area contributed by atoms with Crippen LogP contribution >= 0.6 is 0 Å². The Balaban J connectivity index is 2.72. The van der Waals surface area contributed by atoms with Crippen LogP contribution in [0.3, 0.4) is 0 Å². The molecule has 18 heavy (non-hydrogen) atoms. The van der Waals surface area contributed by atoms with E-state index in [2.05, 4.69) is 19.2 Å². The molecule has 5 heteroatoms. The zero-order valence-electron chi connectivity index (χ0n) is 11.1. The number of nitrogens with zero attached hydrogens (tertiary/aromatic N) is 1. The van der Waals surface area contributed by atoms with Gasteiger partial charge in [-0.15, -0.1) is 0 Å². The van der Waals surface area contributed by atoms with Crippen molar-refractivity contribution in [2.45, 2.75) is 26.8 Å². The molecule has 5 nitrogen and oxygen atoms in total. The molecule has 1 aromatic carbocycles. The molecule has 1 unspecified atom stereocenters. The predicted molar refractivity (Wildman–Crippen MR) is 70.8 cm³/mol. The van der Waals surface area contributed by atoms with Gasteiger partial charge in [-0.05, 0) is 18.5 Å². The lowest BCUT2D eigenvalue weighted by Gasteiger charge is -2.12. The van der Waals surface area contributed by atoms with Crippen LogP contribution in [0.1, 0.15) is 25.8 Å². The smallest absolute Gasteiger partial charge is 0.270 e. The van der Waals surface area contributed by atoms with Crippen LogP contribution in [0.15, 0.2) is 18.2 Å². The van der Waals surface area contributed by atoms with Crippen LogP contribution in [0.4, 0.5) is 5.69 Å². The number of ether oxygens (including phenoxy) is 1. The van der Waals surface area contributed by atoms with Crippen molar-refractivity contribution < 1.29 is 9.66 Å².